The Labute approximate surface area is 174 Å². The lowest BCUT2D eigenvalue weighted by atomic mass is 10.1. The number of nitrogens with zero attached hydrogens (tertiary/aromatic N) is 2. The molecule has 2 aromatic heterocycles. The highest BCUT2D eigenvalue weighted by molar-refractivity contribution is 7.17. The first-order chi connectivity index (χ1) is 14.2. The van der Waals surface area contributed by atoms with Gasteiger partial charge in [0.1, 0.15) is 28.0 Å². The largest absolute Gasteiger partial charge is 0.497 e. The summed E-state index contributed by atoms with van der Waals surface area (Å²) >= 11 is 1.64. The average Bonchev–Trinajstić information content (AvgIpc) is 3.18. The standard InChI is InChI=1S/C23H23N3O2S/c1-15-25-22(24-13-12-16-4-8-18(27-2)9-5-16)21-20(14-29-23(21)26-15)17-6-10-19(28-3)11-7-17/h4-11,14H,12-13H2,1-3H3,(H,24,25,26). The summed E-state index contributed by atoms with van der Waals surface area (Å²) in [4.78, 5) is 10.3. The molecule has 29 heavy (non-hydrogen) atoms. The molecule has 6 heteroatoms. The Bertz CT molecular complexity index is 1110. The van der Waals surface area contributed by atoms with Crippen molar-refractivity contribution >= 4 is 27.4 Å². The van der Waals surface area contributed by atoms with Crippen molar-refractivity contribution in [1.29, 1.82) is 0 Å². The molecule has 1 N–H and O–H groups in total. The van der Waals surface area contributed by atoms with Gasteiger partial charge in [0.05, 0.1) is 19.6 Å². The molecule has 0 aliphatic carbocycles. The highest BCUT2D eigenvalue weighted by Gasteiger charge is 2.14. The Balaban J connectivity index is 1.59. The van der Waals surface area contributed by atoms with E-state index in [0.29, 0.717) is 0 Å². The van der Waals surface area contributed by atoms with E-state index in [9.17, 15) is 0 Å². The maximum absolute atomic E-state index is 5.28. The van der Waals surface area contributed by atoms with Crippen LogP contribution in [0.3, 0.4) is 0 Å². The molecule has 0 bridgehead atoms. The number of ether oxygens (including phenoxy) is 2. The second kappa shape index (κ2) is 8.49. The summed E-state index contributed by atoms with van der Waals surface area (Å²) in [6, 6.07) is 16.3. The summed E-state index contributed by atoms with van der Waals surface area (Å²) in [6.45, 7) is 2.72. The minimum Gasteiger partial charge on any atom is -0.497 e. The van der Waals surface area contributed by atoms with Crippen molar-refractivity contribution in [3.05, 3.63) is 65.3 Å². The highest BCUT2D eigenvalue weighted by Crippen LogP contribution is 2.37. The predicted octanol–water partition coefficient (Wildman–Crippen LogP) is 5.34. The van der Waals surface area contributed by atoms with Crippen LogP contribution in [0, 0.1) is 6.92 Å². The van der Waals surface area contributed by atoms with E-state index in [1.807, 2.05) is 31.2 Å². The number of aromatic nitrogens is 2. The fraction of sp³-hybridized carbons (Fsp3) is 0.217. The summed E-state index contributed by atoms with van der Waals surface area (Å²) in [5.41, 5.74) is 3.52. The van der Waals surface area contributed by atoms with E-state index in [2.05, 4.69) is 39.9 Å². The fourth-order valence-electron chi connectivity index (χ4n) is 3.28. The fourth-order valence-corrected chi connectivity index (χ4v) is 4.27. The molecule has 0 saturated heterocycles. The predicted molar refractivity (Wildman–Crippen MR) is 119 cm³/mol. The first-order valence-electron chi connectivity index (χ1n) is 9.45. The molecule has 0 atom stereocenters. The third-order valence-corrected chi connectivity index (χ3v) is 5.68. The monoisotopic (exact) mass is 405 g/mol. The van der Waals surface area contributed by atoms with Gasteiger partial charge >= 0.3 is 0 Å². The first kappa shape index (κ1) is 19.2. The molecule has 0 amide bonds. The van der Waals surface area contributed by atoms with E-state index in [1.165, 1.54) is 5.56 Å². The lowest BCUT2D eigenvalue weighted by molar-refractivity contribution is 0.414. The molecule has 0 saturated carbocycles. The third kappa shape index (κ3) is 4.17. The van der Waals surface area contributed by atoms with Gasteiger partial charge in [-0.1, -0.05) is 24.3 Å². The second-order valence-corrected chi connectivity index (χ2v) is 7.56. The lowest BCUT2D eigenvalue weighted by Crippen LogP contribution is -2.08. The number of aryl methyl sites for hydroxylation is 1. The van der Waals surface area contributed by atoms with E-state index < -0.39 is 0 Å². The molecule has 0 radical (unpaired) electrons. The van der Waals surface area contributed by atoms with Gasteiger partial charge in [-0.05, 0) is 48.7 Å². The van der Waals surface area contributed by atoms with Crippen LogP contribution in [-0.4, -0.2) is 30.7 Å². The minimum absolute atomic E-state index is 0.771. The number of nitrogens with one attached hydrogen (secondary N) is 1. The first-order valence-corrected chi connectivity index (χ1v) is 10.3. The van der Waals surface area contributed by atoms with Crippen LogP contribution in [0.15, 0.2) is 53.9 Å². The molecule has 0 spiro atoms. The molecule has 5 nitrogen and oxygen atoms in total. The molecule has 4 aromatic rings. The Morgan fingerprint density at radius 1 is 0.897 bits per heavy atom. The average molecular weight is 406 g/mol. The SMILES string of the molecule is COc1ccc(CCNc2nc(C)nc3scc(-c4ccc(OC)cc4)c23)cc1. The van der Waals surface area contributed by atoms with Crippen LogP contribution in [-0.2, 0) is 6.42 Å². The Morgan fingerprint density at radius 2 is 1.55 bits per heavy atom. The number of rotatable bonds is 7. The molecular formula is C23H23N3O2S. The minimum atomic E-state index is 0.771. The second-order valence-electron chi connectivity index (χ2n) is 6.70. The molecule has 2 heterocycles. The van der Waals surface area contributed by atoms with Gasteiger partial charge in [-0.3, -0.25) is 0 Å². The smallest absolute Gasteiger partial charge is 0.139 e. The molecule has 4 rings (SSSR count). The van der Waals surface area contributed by atoms with Crippen LogP contribution < -0.4 is 14.8 Å². The van der Waals surface area contributed by atoms with Gasteiger partial charge in [0.15, 0.2) is 0 Å². The van der Waals surface area contributed by atoms with Crippen LogP contribution in [0.5, 0.6) is 11.5 Å². The zero-order chi connectivity index (χ0) is 20.2. The molecule has 148 valence electrons. The van der Waals surface area contributed by atoms with Gasteiger partial charge in [-0.15, -0.1) is 11.3 Å². The number of hydrogen-bond donors (Lipinski definition) is 1. The van der Waals surface area contributed by atoms with Crippen molar-refractivity contribution in [2.24, 2.45) is 0 Å². The van der Waals surface area contributed by atoms with Gasteiger partial charge in [-0.2, -0.15) is 0 Å². The van der Waals surface area contributed by atoms with Gasteiger partial charge in [0.2, 0.25) is 0 Å². The van der Waals surface area contributed by atoms with Crippen LogP contribution in [0.4, 0.5) is 5.82 Å². The number of benzene rings is 2. The van der Waals surface area contributed by atoms with Crippen molar-refractivity contribution in [1.82, 2.24) is 9.97 Å². The van der Waals surface area contributed by atoms with Crippen LogP contribution in [0.2, 0.25) is 0 Å². The van der Waals surface area contributed by atoms with Crippen LogP contribution in [0.25, 0.3) is 21.3 Å². The maximum Gasteiger partial charge on any atom is 0.139 e. The van der Waals surface area contributed by atoms with Crippen molar-refractivity contribution in [2.45, 2.75) is 13.3 Å². The van der Waals surface area contributed by atoms with Crippen molar-refractivity contribution in [3.8, 4) is 22.6 Å². The summed E-state index contributed by atoms with van der Waals surface area (Å²) in [7, 11) is 3.36. The number of methoxy groups -OCH3 is 2. The van der Waals surface area contributed by atoms with E-state index in [-0.39, 0.29) is 0 Å². The summed E-state index contributed by atoms with van der Waals surface area (Å²) in [6.07, 6.45) is 0.899. The molecule has 2 aromatic carbocycles. The van der Waals surface area contributed by atoms with Gasteiger partial charge < -0.3 is 14.8 Å². The van der Waals surface area contributed by atoms with Crippen molar-refractivity contribution in [3.63, 3.8) is 0 Å². The number of hydrogen-bond acceptors (Lipinski definition) is 6. The highest BCUT2D eigenvalue weighted by atomic mass is 32.1. The van der Waals surface area contributed by atoms with Crippen LogP contribution >= 0.6 is 11.3 Å². The quantitative estimate of drug-likeness (QED) is 0.450. The number of thiophene rings is 1. The van der Waals surface area contributed by atoms with E-state index in [1.54, 1.807) is 25.6 Å². The topological polar surface area (TPSA) is 56.3 Å². The van der Waals surface area contributed by atoms with E-state index in [4.69, 9.17) is 14.5 Å². The summed E-state index contributed by atoms with van der Waals surface area (Å²) in [5, 5.41) is 6.74. The normalized spacial score (nSPS) is 10.9. The molecule has 0 aliphatic heterocycles. The zero-order valence-corrected chi connectivity index (χ0v) is 17.5. The van der Waals surface area contributed by atoms with E-state index in [0.717, 1.165) is 57.5 Å². The maximum atomic E-state index is 5.28. The van der Waals surface area contributed by atoms with Crippen LogP contribution in [0.1, 0.15) is 11.4 Å². The van der Waals surface area contributed by atoms with Crippen molar-refractivity contribution in [2.75, 3.05) is 26.1 Å². The molecule has 0 aliphatic rings. The number of anilines is 1. The number of fused-ring (bicyclic) bond motifs is 1. The van der Waals surface area contributed by atoms with E-state index >= 15 is 0 Å². The lowest BCUT2D eigenvalue weighted by Gasteiger charge is -2.10. The zero-order valence-electron chi connectivity index (χ0n) is 16.7. The van der Waals surface area contributed by atoms with Gasteiger partial charge in [0.25, 0.3) is 0 Å². The molecular weight excluding hydrogens is 382 g/mol. The Hall–Kier alpha value is -3.12. The molecule has 0 unspecified atom stereocenters. The summed E-state index contributed by atoms with van der Waals surface area (Å²) < 4.78 is 10.5. The third-order valence-electron chi connectivity index (χ3n) is 4.81. The molecule has 0 fully saturated rings. The Kier molecular flexibility index (Phi) is 5.62. The Morgan fingerprint density at radius 3 is 2.21 bits per heavy atom. The van der Waals surface area contributed by atoms with Gasteiger partial charge in [0, 0.05) is 17.5 Å². The van der Waals surface area contributed by atoms with Gasteiger partial charge in [-0.25, -0.2) is 9.97 Å². The van der Waals surface area contributed by atoms with Crippen molar-refractivity contribution < 1.29 is 9.47 Å². The summed E-state index contributed by atoms with van der Waals surface area (Å²) in [5.74, 6) is 3.37.